The molecule has 2 atom stereocenters. The third-order valence-corrected chi connectivity index (χ3v) is 5.56. The maximum atomic E-state index is 12.4. The van der Waals surface area contributed by atoms with Crippen molar-refractivity contribution in [3.63, 3.8) is 0 Å². The topological polar surface area (TPSA) is 73.5 Å². The van der Waals surface area contributed by atoms with E-state index in [1.165, 1.54) is 5.56 Å². The first kappa shape index (κ1) is 22.7. The molecule has 2 saturated heterocycles. The molecule has 156 valence electrons. The Labute approximate surface area is 174 Å². The number of rotatable bonds is 7. The lowest BCUT2D eigenvalue weighted by atomic mass is 9.98. The van der Waals surface area contributed by atoms with E-state index in [2.05, 4.69) is 39.9 Å². The van der Waals surface area contributed by atoms with Gasteiger partial charge >= 0.3 is 0 Å². The van der Waals surface area contributed by atoms with Crippen LogP contribution in [-0.2, 0) is 16.0 Å². The molecule has 2 heterocycles. The number of amides is 2. The van der Waals surface area contributed by atoms with Gasteiger partial charge in [0.25, 0.3) is 0 Å². The van der Waals surface area contributed by atoms with Gasteiger partial charge in [0.1, 0.15) is 0 Å². The Morgan fingerprint density at radius 2 is 1.96 bits per heavy atom. The number of halogens is 1. The van der Waals surface area contributed by atoms with Crippen LogP contribution in [0.5, 0.6) is 0 Å². The Bertz CT molecular complexity index is 632. The lowest BCUT2D eigenvalue weighted by Gasteiger charge is -2.32. The molecular weight excluding hydrogens is 376 g/mol. The van der Waals surface area contributed by atoms with Crippen molar-refractivity contribution in [2.45, 2.75) is 45.1 Å². The van der Waals surface area contributed by atoms with Crippen LogP contribution in [0.15, 0.2) is 24.3 Å². The highest BCUT2D eigenvalue weighted by Gasteiger charge is 2.25. The fourth-order valence-electron chi connectivity index (χ4n) is 3.97. The Morgan fingerprint density at radius 3 is 2.64 bits per heavy atom. The highest BCUT2D eigenvalue weighted by molar-refractivity contribution is 5.92. The van der Waals surface area contributed by atoms with Crippen molar-refractivity contribution in [2.75, 3.05) is 38.0 Å². The number of nitrogens with one attached hydrogen (secondary N) is 3. The monoisotopic (exact) mass is 408 g/mol. The summed E-state index contributed by atoms with van der Waals surface area (Å²) in [5.74, 6) is 0.567. The Balaban J connectivity index is 0.00000280. The second-order valence-electron chi connectivity index (χ2n) is 7.74. The van der Waals surface area contributed by atoms with Gasteiger partial charge in [0.05, 0.1) is 12.6 Å². The largest absolute Gasteiger partial charge is 0.354 e. The van der Waals surface area contributed by atoms with E-state index in [0.29, 0.717) is 19.0 Å². The number of piperidine rings is 1. The number of benzene rings is 1. The molecule has 2 aliphatic heterocycles. The maximum Gasteiger partial charge on any atom is 0.238 e. The van der Waals surface area contributed by atoms with Gasteiger partial charge < -0.3 is 16.0 Å². The number of aryl methyl sites for hydroxylation is 1. The van der Waals surface area contributed by atoms with Crippen molar-refractivity contribution in [1.29, 1.82) is 0 Å². The number of carbonyl (C=O) groups is 2. The first-order chi connectivity index (χ1) is 13.1. The van der Waals surface area contributed by atoms with E-state index in [0.717, 1.165) is 57.4 Å². The summed E-state index contributed by atoms with van der Waals surface area (Å²) in [5, 5.41) is 9.31. The zero-order valence-corrected chi connectivity index (χ0v) is 17.5. The normalized spacial score (nSPS) is 22.3. The third kappa shape index (κ3) is 6.76. The van der Waals surface area contributed by atoms with Crippen LogP contribution in [0, 0.1) is 5.92 Å². The molecule has 3 N–H and O–H groups in total. The number of nitrogens with zero attached hydrogens (tertiary/aromatic N) is 1. The van der Waals surface area contributed by atoms with E-state index < -0.39 is 0 Å². The SMILES string of the molecule is CCc1ccc(NC(=O)CN2CCCC(CNC(=O)C3CCCN3)C2)cc1.Cl. The molecule has 2 aliphatic rings. The number of anilines is 1. The summed E-state index contributed by atoms with van der Waals surface area (Å²) in [4.78, 5) is 26.7. The molecule has 28 heavy (non-hydrogen) atoms. The molecule has 6 nitrogen and oxygen atoms in total. The number of likely N-dealkylation sites (tertiary alicyclic amines) is 1. The van der Waals surface area contributed by atoms with Crippen molar-refractivity contribution in [3.05, 3.63) is 29.8 Å². The van der Waals surface area contributed by atoms with E-state index >= 15 is 0 Å². The van der Waals surface area contributed by atoms with Crippen molar-refractivity contribution < 1.29 is 9.59 Å². The summed E-state index contributed by atoms with van der Waals surface area (Å²) >= 11 is 0. The molecule has 1 aromatic carbocycles. The van der Waals surface area contributed by atoms with Gasteiger partial charge in [-0.05, 0) is 68.8 Å². The van der Waals surface area contributed by atoms with Crippen LogP contribution in [-0.4, -0.2) is 55.5 Å². The molecule has 0 spiro atoms. The molecule has 0 bridgehead atoms. The first-order valence-corrected chi connectivity index (χ1v) is 10.3. The molecule has 0 radical (unpaired) electrons. The molecular formula is C21H33ClN4O2. The van der Waals surface area contributed by atoms with E-state index in [-0.39, 0.29) is 30.3 Å². The maximum absolute atomic E-state index is 12.4. The summed E-state index contributed by atoms with van der Waals surface area (Å²) in [6, 6.07) is 8.00. The summed E-state index contributed by atoms with van der Waals surface area (Å²) in [6.45, 7) is 5.97. The van der Waals surface area contributed by atoms with Gasteiger partial charge in [-0.2, -0.15) is 0 Å². The quantitative estimate of drug-likeness (QED) is 0.646. The second kappa shape index (κ2) is 11.4. The van der Waals surface area contributed by atoms with Crippen LogP contribution >= 0.6 is 12.4 Å². The smallest absolute Gasteiger partial charge is 0.238 e. The molecule has 0 aliphatic carbocycles. The Hall–Kier alpha value is -1.63. The van der Waals surface area contributed by atoms with Gasteiger partial charge in [-0.3, -0.25) is 14.5 Å². The van der Waals surface area contributed by atoms with Crippen LogP contribution in [0.25, 0.3) is 0 Å². The third-order valence-electron chi connectivity index (χ3n) is 5.56. The Kier molecular flexibility index (Phi) is 9.22. The minimum Gasteiger partial charge on any atom is -0.354 e. The Morgan fingerprint density at radius 1 is 1.18 bits per heavy atom. The first-order valence-electron chi connectivity index (χ1n) is 10.3. The van der Waals surface area contributed by atoms with E-state index in [1.54, 1.807) is 0 Å². The molecule has 2 amide bonds. The zero-order chi connectivity index (χ0) is 19.1. The summed E-state index contributed by atoms with van der Waals surface area (Å²) in [5.41, 5.74) is 2.11. The minimum atomic E-state index is -0.0189. The standard InChI is InChI=1S/C21H32N4O2.ClH/c1-2-16-7-9-18(10-8-16)24-20(26)15-25-12-4-5-17(14-25)13-23-21(27)19-6-3-11-22-19;/h7-10,17,19,22H,2-6,11-15H2,1H3,(H,23,27)(H,24,26);1H. The average molecular weight is 409 g/mol. The van der Waals surface area contributed by atoms with E-state index in [9.17, 15) is 9.59 Å². The highest BCUT2D eigenvalue weighted by atomic mass is 35.5. The van der Waals surface area contributed by atoms with Crippen LogP contribution < -0.4 is 16.0 Å². The average Bonchev–Trinajstić information content (AvgIpc) is 3.22. The lowest BCUT2D eigenvalue weighted by molar-refractivity contribution is -0.123. The van der Waals surface area contributed by atoms with E-state index in [4.69, 9.17) is 0 Å². The molecule has 2 fully saturated rings. The number of hydrogen-bond donors (Lipinski definition) is 3. The van der Waals surface area contributed by atoms with Crippen LogP contribution in [0.2, 0.25) is 0 Å². The van der Waals surface area contributed by atoms with E-state index in [1.807, 2.05) is 12.1 Å². The zero-order valence-electron chi connectivity index (χ0n) is 16.7. The van der Waals surface area contributed by atoms with Gasteiger partial charge in [-0.25, -0.2) is 0 Å². The van der Waals surface area contributed by atoms with Gasteiger partial charge in [0.15, 0.2) is 0 Å². The molecule has 1 aromatic rings. The summed E-state index contributed by atoms with van der Waals surface area (Å²) in [7, 11) is 0. The number of hydrogen-bond acceptors (Lipinski definition) is 4. The summed E-state index contributed by atoms with van der Waals surface area (Å²) < 4.78 is 0. The molecule has 3 rings (SSSR count). The van der Waals surface area contributed by atoms with Gasteiger partial charge in [-0.15, -0.1) is 12.4 Å². The number of carbonyl (C=O) groups excluding carboxylic acids is 2. The van der Waals surface area contributed by atoms with Crippen LogP contribution in [0.4, 0.5) is 5.69 Å². The van der Waals surface area contributed by atoms with Crippen molar-refractivity contribution in [2.24, 2.45) is 5.92 Å². The summed E-state index contributed by atoms with van der Waals surface area (Å²) in [6.07, 6.45) is 5.18. The van der Waals surface area contributed by atoms with Crippen LogP contribution in [0.3, 0.4) is 0 Å². The fraction of sp³-hybridized carbons (Fsp3) is 0.619. The molecule has 0 saturated carbocycles. The highest BCUT2D eigenvalue weighted by Crippen LogP contribution is 2.16. The van der Waals surface area contributed by atoms with Crippen molar-refractivity contribution >= 4 is 29.9 Å². The second-order valence-corrected chi connectivity index (χ2v) is 7.74. The van der Waals surface area contributed by atoms with Crippen molar-refractivity contribution in [1.82, 2.24) is 15.5 Å². The minimum absolute atomic E-state index is 0. The molecule has 0 aromatic heterocycles. The van der Waals surface area contributed by atoms with Crippen molar-refractivity contribution in [3.8, 4) is 0 Å². The predicted molar refractivity (Wildman–Crippen MR) is 115 cm³/mol. The lowest BCUT2D eigenvalue weighted by Crippen LogP contribution is -2.46. The molecule has 7 heteroatoms. The predicted octanol–water partition coefficient (Wildman–Crippen LogP) is 2.19. The van der Waals surface area contributed by atoms with Gasteiger partial charge in [0.2, 0.25) is 11.8 Å². The van der Waals surface area contributed by atoms with Gasteiger partial charge in [0, 0.05) is 18.8 Å². The van der Waals surface area contributed by atoms with Gasteiger partial charge in [-0.1, -0.05) is 19.1 Å². The fourth-order valence-corrected chi connectivity index (χ4v) is 3.97. The molecule has 2 unspecified atom stereocenters. The van der Waals surface area contributed by atoms with Crippen LogP contribution in [0.1, 0.15) is 38.2 Å².